The highest BCUT2D eigenvalue weighted by Crippen LogP contribution is 2.23. The van der Waals surface area contributed by atoms with Crippen molar-refractivity contribution >= 4 is 6.03 Å². The van der Waals surface area contributed by atoms with Crippen LogP contribution in [0.2, 0.25) is 0 Å². The Morgan fingerprint density at radius 2 is 1.42 bits per heavy atom. The first kappa shape index (κ1) is 21.3. The molecular weight excluding hydrogens is 298 g/mol. The van der Waals surface area contributed by atoms with Gasteiger partial charge < -0.3 is 15.5 Å². The van der Waals surface area contributed by atoms with Gasteiger partial charge in [-0.25, -0.2) is 4.79 Å². The molecule has 0 saturated carbocycles. The molecule has 24 heavy (non-hydrogen) atoms. The van der Waals surface area contributed by atoms with E-state index in [0.717, 1.165) is 39.0 Å². The van der Waals surface area contributed by atoms with Crippen LogP contribution >= 0.6 is 0 Å². The molecule has 1 rings (SSSR count). The zero-order valence-corrected chi connectivity index (χ0v) is 16.5. The van der Waals surface area contributed by atoms with Crippen molar-refractivity contribution < 1.29 is 4.79 Å². The number of carbonyl (C=O) groups is 1. The molecule has 0 aromatic heterocycles. The van der Waals surface area contributed by atoms with Crippen LogP contribution in [0.25, 0.3) is 0 Å². The van der Waals surface area contributed by atoms with Crippen molar-refractivity contribution in [3.8, 4) is 0 Å². The molecule has 0 spiro atoms. The van der Waals surface area contributed by atoms with Gasteiger partial charge in [-0.2, -0.15) is 0 Å². The summed E-state index contributed by atoms with van der Waals surface area (Å²) in [6.45, 7) is 10.3. The fourth-order valence-electron chi connectivity index (χ4n) is 3.52. The van der Waals surface area contributed by atoms with E-state index in [2.05, 4.69) is 31.4 Å². The van der Waals surface area contributed by atoms with E-state index in [1.165, 1.54) is 57.8 Å². The monoisotopic (exact) mass is 339 g/mol. The number of hydrogen-bond acceptors (Lipinski definition) is 2. The van der Waals surface area contributed by atoms with Crippen molar-refractivity contribution in [3.05, 3.63) is 0 Å². The number of unbranched alkanes of at least 4 members (excludes halogenated alkanes) is 7. The first-order valence-corrected chi connectivity index (χ1v) is 10.4. The van der Waals surface area contributed by atoms with Crippen LogP contribution in [-0.4, -0.2) is 42.6 Å². The van der Waals surface area contributed by atoms with Crippen molar-refractivity contribution in [2.45, 2.75) is 96.9 Å². The third-order valence-corrected chi connectivity index (χ3v) is 5.23. The van der Waals surface area contributed by atoms with Gasteiger partial charge in [0.1, 0.15) is 0 Å². The van der Waals surface area contributed by atoms with E-state index >= 15 is 0 Å². The smallest absolute Gasteiger partial charge is 0.317 e. The molecule has 2 amide bonds. The van der Waals surface area contributed by atoms with Gasteiger partial charge in [0.25, 0.3) is 0 Å². The fraction of sp³-hybridized carbons (Fsp3) is 0.950. The summed E-state index contributed by atoms with van der Waals surface area (Å²) in [5, 5.41) is 6.70. The van der Waals surface area contributed by atoms with Gasteiger partial charge in [-0.15, -0.1) is 0 Å². The van der Waals surface area contributed by atoms with Crippen LogP contribution in [0.5, 0.6) is 0 Å². The van der Waals surface area contributed by atoms with E-state index in [4.69, 9.17) is 0 Å². The summed E-state index contributed by atoms with van der Waals surface area (Å²) in [7, 11) is 0. The first-order chi connectivity index (χ1) is 11.6. The van der Waals surface area contributed by atoms with Crippen LogP contribution in [0.3, 0.4) is 0 Å². The summed E-state index contributed by atoms with van der Waals surface area (Å²) in [4.78, 5) is 14.6. The Balaban J connectivity index is 2.46. The SMILES string of the molecule is CCCCCCCC(C)(CCCCCC)NC(=O)N1CCNCC1. The summed E-state index contributed by atoms with van der Waals surface area (Å²) in [5.41, 5.74) is -0.0398. The lowest BCUT2D eigenvalue weighted by Gasteiger charge is -2.36. The molecule has 0 bridgehead atoms. The standard InChI is InChI=1S/C20H41N3O/c1-4-6-8-10-12-14-20(3,13-11-9-7-5-2)22-19(24)23-17-15-21-16-18-23/h21H,4-18H2,1-3H3,(H,22,24). The molecule has 0 aromatic rings. The number of hydrogen-bond donors (Lipinski definition) is 2. The van der Waals surface area contributed by atoms with E-state index in [9.17, 15) is 4.79 Å². The van der Waals surface area contributed by atoms with Crippen molar-refractivity contribution in [1.29, 1.82) is 0 Å². The van der Waals surface area contributed by atoms with E-state index < -0.39 is 0 Å². The molecule has 1 heterocycles. The Hall–Kier alpha value is -0.770. The molecule has 1 atom stereocenters. The lowest BCUT2D eigenvalue weighted by molar-refractivity contribution is 0.171. The molecule has 1 fully saturated rings. The Morgan fingerprint density at radius 3 is 1.96 bits per heavy atom. The molecule has 0 aromatic carbocycles. The van der Waals surface area contributed by atoms with Gasteiger partial charge in [-0.05, 0) is 19.8 Å². The lowest BCUT2D eigenvalue weighted by atomic mass is 9.88. The number of piperazine rings is 1. The highest BCUT2D eigenvalue weighted by molar-refractivity contribution is 5.75. The van der Waals surface area contributed by atoms with Crippen molar-refractivity contribution in [3.63, 3.8) is 0 Å². The average molecular weight is 340 g/mol. The molecule has 1 aliphatic heterocycles. The Bertz CT molecular complexity index is 329. The number of carbonyl (C=O) groups excluding carboxylic acids is 1. The molecule has 142 valence electrons. The molecule has 1 unspecified atom stereocenters. The third kappa shape index (κ3) is 8.91. The second-order valence-corrected chi connectivity index (χ2v) is 7.70. The van der Waals surface area contributed by atoms with E-state index in [1.54, 1.807) is 0 Å². The van der Waals surface area contributed by atoms with Crippen molar-refractivity contribution in [2.75, 3.05) is 26.2 Å². The lowest BCUT2D eigenvalue weighted by Crippen LogP contribution is -2.55. The molecule has 4 heteroatoms. The van der Waals surface area contributed by atoms with Crippen LogP contribution in [0.4, 0.5) is 4.79 Å². The van der Waals surface area contributed by atoms with Gasteiger partial charge in [-0.3, -0.25) is 0 Å². The van der Waals surface area contributed by atoms with Crippen LogP contribution in [-0.2, 0) is 0 Å². The van der Waals surface area contributed by atoms with Gasteiger partial charge in [0.2, 0.25) is 0 Å². The number of nitrogens with one attached hydrogen (secondary N) is 2. The zero-order valence-electron chi connectivity index (χ0n) is 16.5. The largest absolute Gasteiger partial charge is 0.333 e. The predicted octanol–water partition coefficient (Wildman–Crippen LogP) is 4.69. The number of rotatable bonds is 12. The number of urea groups is 1. The highest BCUT2D eigenvalue weighted by Gasteiger charge is 2.28. The number of nitrogens with zero attached hydrogens (tertiary/aromatic N) is 1. The van der Waals surface area contributed by atoms with E-state index in [0.29, 0.717) is 0 Å². The topological polar surface area (TPSA) is 44.4 Å². The molecule has 2 N–H and O–H groups in total. The quantitative estimate of drug-likeness (QED) is 0.507. The minimum Gasteiger partial charge on any atom is -0.333 e. The third-order valence-electron chi connectivity index (χ3n) is 5.23. The van der Waals surface area contributed by atoms with Crippen molar-refractivity contribution in [1.82, 2.24) is 15.5 Å². The average Bonchev–Trinajstić information content (AvgIpc) is 2.59. The van der Waals surface area contributed by atoms with Crippen LogP contribution < -0.4 is 10.6 Å². The van der Waals surface area contributed by atoms with Gasteiger partial charge in [0.05, 0.1) is 0 Å². The molecule has 1 saturated heterocycles. The molecule has 4 nitrogen and oxygen atoms in total. The van der Waals surface area contributed by atoms with Gasteiger partial charge in [-0.1, -0.05) is 71.6 Å². The van der Waals surface area contributed by atoms with E-state index in [-0.39, 0.29) is 11.6 Å². The Morgan fingerprint density at radius 1 is 0.917 bits per heavy atom. The Labute approximate surface area is 150 Å². The maximum atomic E-state index is 12.6. The van der Waals surface area contributed by atoms with Crippen LogP contribution in [0, 0.1) is 0 Å². The summed E-state index contributed by atoms with van der Waals surface area (Å²) < 4.78 is 0. The molecule has 0 radical (unpaired) electrons. The fourth-order valence-corrected chi connectivity index (χ4v) is 3.52. The van der Waals surface area contributed by atoms with Gasteiger partial charge >= 0.3 is 6.03 Å². The molecule has 1 aliphatic rings. The molecule has 0 aliphatic carbocycles. The van der Waals surface area contributed by atoms with Gasteiger partial charge in [0.15, 0.2) is 0 Å². The predicted molar refractivity (Wildman–Crippen MR) is 104 cm³/mol. The highest BCUT2D eigenvalue weighted by atomic mass is 16.2. The molecular formula is C20H41N3O. The zero-order chi connectivity index (χ0) is 17.7. The van der Waals surface area contributed by atoms with E-state index in [1.807, 2.05) is 4.90 Å². The Kier molecular flexibility index (Phi) is 11.1. The maximum absolute atomic E-state index is 12.6. The van der Waals surface area contributed by atoms with Gasteiger partial charge in [0, 0.05) is 31.7 Å². The van der Waals surface area contributed by atoms with Crippen LogP contribution in [0.1, 0.15) is 91.4 Å². The summed E-state index contributed by atoms with van der Waals surface area (Å²) in [6.07, 6.45) is 13.8. The second kappa shape index (κ2) is 12.6. The summed E-state index contributed by atoms with van der Waals surface area (Å²) in [6, 6.07) is 0.142. The van der Waals surface area contributed by atoms with Crippen molar-refractivity contribution in [2.24, 2.45) is 0 Å². The summed E-state index contributed by atoms with van der Waals surface area (Å²) in [5.74, 6) is 0. The second-order valence-electron chi connectivity index (χ2n) is 7.70. The maximum Gasteiger partial charge on any atom is 0.317 e. The number of amides is 2. The summed E-state index contributed by atoms with van der Waals surface area (Å²) >= 11 is 0. The first-order valence-electron chi connectivity index (χ1n) is 10.4. The van der Waals surface area contributed by atoms with Crippen LogP contribution in [0.15, 0.2) is 0 Å². The normalized spacial score (nSPS) is 17.5. The minimum absolute atomic E-state index is 0.0398. The minimum atomic E-state index is -0.0398.